The number of nitrogens with zero attached hydrogens (tertiary/aromatic N) is 1. The fourth-order valence-corrected chi connectivity index (χ4v) is 2.80. The molecule has 1 atom stereocenters. The number of alkyl halides is 2. The van der Waals surface area contributed by atoms with Crippen molar-refractivity contribution in [1.29, 1.82) is 0 Å². The molecule has 0 aliphatic carbocycles. The van der Waals surface area contributed by atoms with E-state index in [2.05, 4.69) is 10.1 Å². The number of carboxylic acid groups (broad SMARTS) is 1. The lowest BCUT2D eigenvalue weighted by molar-refractivity contribution is -0.144. The van der Waals surface area contributed by atoms with Crippen LogP contribution in [0.25, 0.3) is 0 Å². The van der Waals surface area contributed by atoms with Crippen LogP contribution < -0.4 is 10.1 Å². The monoisotopic (exact) mass is 362 g/mol. The van der Waals surface area contributed by atoms with E-state index in [1.165, 1.54) is 18.2 Å². The highest BCUT2D eigenvalue weighted by atomic mass is 35.5. The molecule has 132 valence electrons. The molecule has 6 nitrogen and oxygen atoms in total. The van der Waals surface area contributed by atoms with Gasteiger partial charge in [0.15, 0.2) is 0 Å². The Morgan fingerprint density at radius 2 is 2.21 bits per heavy atom. The van der Waals surface area contributed by atoms with E-state index in [-0.39, 0.29) is 23.2 Å². The van der Waals surface area contributed by atoms with Crippen molar-refractivity contribution in [1.82, 2.24) is 4.90 Å². The number of piperidine rings is 1. The third-order valence-electron chi connectivity index (χ3n) is 3.65. The van der Waals surface area contributed by atoms with Crippen LogP contribution in [0.15, 0.2) is 18.2 Å². The van der Waals surface area contributed by atoms with Crippen LogP contribution in [-0.4, -0.2) is 48.1 Å². The minimum atomic E-state index is -2.98. The van der Waals surface area contributed by atoms with Crippen LogP contribution in [0.3, 0.4) is 0 Å². The number of rotatable bonds is 6. The second-order valence-corrected chi connectivity index (χ2v) is 5.89. The minimum absolute atomic E-state index is 0.0444. The molecule has 0 saturated carbocycles. The van der Waals surface area contributed by atoms with Crippen molar-refractivity contribution >= 4 is 29.2 Å². The summed E-state index contributed by atoms with van der Waals surface area (Å²) >= 11 is 5.82. The van der Waals surface area contributed by atoms with Gasteiger partial charge >= 0.3 is 12.6 Å². The summed E-state index contributed by atoms with van der Waals surface area (Å²) in [7, 11) is 0. The highest BCUT2D eigenvalue weighted by Crippen LogP contribution is 2.29. The summed E-state index contributed by atoms with van der Waals surface area (Å²) in [5.74, 6) is -1.84. The van der Waals surface area contributed by atoms with Crippen LogP contribution in [0.4, 0.5) is 14.5 Å². The molecule has 1 aliphatic heterocycles. The van der Waals surface area contributed by atoms with Crippen LogP contribution in [0.2, 0.25) is 5.02 Å². The first-order valence-corrected chi connectivity index (χ1v) is 7.72. The number of ether oxygens (including phenoxy) is 1. The van der Waals surface area contributed by atoms with Crippen molar-refractivity contribution in [2.45, 2.75) is 19.5 Å². The number of aliphatic carboxylic acids is 1. The van der Waals surface area contributed by atoms with Gasteiger partial charge < -0.3 is 15.2 Å². The zero-order valence-electron chi connectivity index (χ0n) is 12.7. The molecule has 2 rings (SSSR count). The van der Waals surface area contributed by atoms with Crippen LogP contribution >= 0.6 is 11.6 Å². The number of anilines is 1. The number of nitrogens with one attached hydrogen (secondary N) is 1. The second kappa shape index (κ2) is 8.25. The van der Waals surface area contributed by atoms with E-state index in [0.29, 0.717) is 25.2 Å². The lowest BCUT2D eigenvalue weighted by Gasteiger charge is -2.29. The number of hydrogen-bond donors (Lipinski definition) is 2. The van der Waals surface area contributed by atoms with Gasteiger partial charge in [-0.05, 0) is 37.6 Å². The molecule has 0 aromatic heterocycles. The van der Waals surface area contributed by atoms with Crippen molar-refractivity contribution in [3.63, 3.8) is 0 Å². The molecule has 1 aliphatic rings. The molecule has 24 heavy (non-hydrogen) atoms. The van der Waals surface area contributed by atoms with Gasteiger partial charge in [0.2, 0.25) is 5.91 Å². The van der Waals surface area contributed by atoms with Crippen molar-refractivity contribution in [2.75, 3.05) is 25.0 Å². The summed E-state index contributed by atoms with van der Waals surface area (Å²) in [5, 5.41) is 11.6. The molecule has 0 spiro atoms. The number of carboxylic acids is 1. The van der Waals surface area contributed by atoms with Gasteiger partial charge in [-0.2, -0.15) is 8.78 Å². The van der Waals surface area contributed by atoms with Gasteiger partial charge in [-0.1, -0.05) is 11.6 Å². The first-order valence-electron chi connectivity index (χ1n) is 7.34. The number of carbonyl (C=O) groups excluding carboxylic acids is 1. The zero-order chi connectivity index (χ0) is 17.7. The molecule has 1 saturated heterocycles. The summed E-state index contributed by atoms with van der Waals surface area (Å²) in [6.45, 7) is -1.95. The molecule has 9 heteroatoms. The fourth-order valence-electron chi connectivity index (χ4n) is 2.57. The number of amides is 1. The summed E-state index contributed by atoms with van der Waals surface area (Å²) in [6.07, 6.45) is 1.32. The Kier molecular flexibility index (Phi) is 6.33. The molecule has 1 heterocycles. The number of likely N-dealkylation sites (tertiary alicyclic amines) is 1. The molecule has 1 unspecified atom stereocenters. The van der Waals surface area contributed by atoms with E-state index < -0.39 is 18.5 Å². The summed E-state index contributed by atoms with van der Waals surface area (Å²) in [5.41, 5.74) is 0.346. The van der Waals surface area contributed by atoms with E-state index in [4.69, 9.17) is 16.7 Å². The van der Waals surface area contributed by atoms with E-state index in [1.54, 1.807) is 4.90 Å². The first kappa shape index (κ1) is 18.4. The fraction of sp³-hybridized carbons (Fsp3) is 0.467. The summed E-state index contributed by atoms with van der Waals surface area (Å²) < 4.78 is 28.5. The molecule has 0 bridgehead atoms. The topological polar surface area (TPSA) is 78.9 Å². The highest BCUT2D eigenvalue weighted by Gasteiger charge is 2.26. The van der Waals surface area contributed by atoms with Gasteiger partial charge in [0, 0.05) is 12.2 Å². The Hall–Kier alpha value is -1.93. The number of carbonyl (C=O) groups is 2. The van der Waals surface area contributed by atoms with Gasteiger partial charge in [-0.15, -0.1) is 0 Å². The third-order valence-corrected chi connectivity index (χ3v) is 3.95. The van der Waals surface area contributed by atoms with Crippen LogP contribution in [0.5, 0.6) is 5.75 Å². The number of halogens is 3. The van der Waals surface area contributed by atoms with E-state index in [0.717, 1.165) is 6.42 Å². The van der Waals surface area contributed by atoms with Gasteiger partial charge in [-0.3, -0.25) is 14.5 Å². The van der Waals surface area contributed by atoms with Crippen LogP contribution in [-0.2, 0) is 9.59 Å². The van der Waals surface area contributed by atoms with Crippen molar-refractivity contribution in [3.05, 3.63) is 23.2 Å². The van der Waals surface area contributed by atoms with E-state index in [1.807, 2.05) is 0 Å². The predicted molar refractivity (Wildman–Crippen MR) is 83.5 cm³/mol. The molecular weight excluding hydrogens is 346 g/mol. The highest BCUT2D eigenvalue weighted by molar-refractivity contribution is 6.32. The molecule has 1 aromatic carbocycles. The predicted octanol–water partition coefficient (Wildman–Crippen LogP) is 2.68. The number of hydrogen-bond acceptors (Lipinski definition) is 4. The van der Waals surface area contributed by atoms with Gasteiger partial charge in [-0.25, -0.2) is 0 Å². The second-order valence-electron chi connectivity index (χ2n) is 5.48. The number of benzene rings is 1. The lowest BCUT2D eigenvalue weighted by Crippen LogP contribution is -2.42. The van der Waals surface area contributed by atoms with Gasteiger partial charge in [0.1, 0.15) is 5.75 Å². The normalized spacial score (nSPS) is 18.4. The van der Waals surface area contributed by atoms with E-state index in [9.17, 15) is 18.4 Å². The average Bonchev–Trinajstić information content (AvgIpc) is 2.49. The molecule has 1 fully saturated rings. The smallest absolute Gasteiger partial charge is 0.387 e. The quantitative estimate of drug-likeness (QED) is 0.813. The van der Waals surface area contributed by atoms with Gasteiger partial charge in [0.25, 0.3) is 0 Å². The SMILES string of the molecule is O=C(CN1CCCC(C(=O)O)C1)Nc1ccc(OC(F)F)c(Cl)c1. The third kappa shape index (κ3) is 5.31. The maximum atomic E-state index is 12.2. The molecular formula is C15H17ClF2N2O4. The Morgan fingerprint density at radius 3 is 2.83 bits per heavy atom. The Balaban J connectivity index is 1.90. The molecule has 1 aromatic rings. The van der Waals surface area contributed by atoms with Gasteiger partial charge in [0.05, 0.1) is 17.5 Å². The summed E-state index contributed by atoms with van der Waals surface area (Å²) in [4.78, 5) is 24.8. The molecule has 1 amide bonds. The maximum absolute atomic E-state index is 12.2. The minimum Gasteiger partial charge on any atom is -0.481 e. The maximum Gasteiger partial charge on any atom is 0.387 e. The molecule has 2 N–H and O–H groups in total. The summed E-state index contributed by atoms with van der Waals surface area (Å²) in [6, 6.07) is 3.95. The lowest BCUT2D eigenvalue weighted by atomic mass is 9.98. The van der Waals surface area contributed by atoms with Crippen LogP contribution in [0.1, 0.15) is 12.8 Å². The Labute approximate surface area is 142 Å². The van der Waals surface area contributed by atoms with Crippen molar-refractivity contribution in [3.8, 4) is 5.75 Å². The van der Waals surface area contributed by atoms with Crippen molar-refractivity contribution in [2.24, 2.45) is 5.92 Å². The zero-order valence-corrected chi connectivity index (χ0v) is 13.4. The van der Waals surface area contributed by atoms with E-state index >= 15 is 0 Å². The Bertz CT molecular complexity index is 615. The van der Waals surface area contributed by atoms with Crippen LogP contribution in [0, 0.1) is 5.92 Å². The molecule has 0 radical (unpaired) electrons. The standard InChI is InChI=1S/C15H17ClF2N2O4/c16-11-6-10(3-4-12(11)24-15(17)18)19-13(21)8-20-5-1-2-9(7-20)14(22)23/h3-4,6,9,15H,1-2,5,7-8H2,(H,19,21)(H,22,23). The van der Waals surface area contributed by atoms with Crippen molar-refractivity contribution < 1.29 is 28.2 Å². The first-order chi connectivity index (χ1) is 11.3. The largest absolute Gasteiger partial charge is 0.481 e. The average molecular weight is 363 g/mol. The Morgan fingerprint density at radius 1 is 1.46 bits per heavy atom.